The molecule has 1 atom stereocenters. The van der Waals surface area contributed by atoms with Crippen LogP contribution >= 0.6 is 15.9 Å². The fraction of sp³-hybridized carbons (Fsp3) is 0.462. The minimum absolute atomic E-state index is 0.0142. The van der Waals surface area contributed by atoms with E-state index in [4.69, 9.17) is 10.5 Å². The van der Waals surface area contributed by atoms with Gasteiger partial charge in [-0.1, -0.05) is 15.9 Å². The summed E-state index contributed by atoms with van der Waals surface area (Å²) in [5.41, 5.74) is 6.97. The van der Waals surface area contributed by atoms with Crippen LogP contribution in [0.1, 0.15) is 23.7 Å². The monoisotopic (exact) mass is 312 g/mol. The lowest BCUT2D eigenvalue weighted by Gasteiger charge is -2.22. The smallest absolute Gasteiger partial charge is 0.254 e. The van der Waals surface area contributed by atoms with Gasteiger partial charge in [-0.15, -0.1) is 0 Å². The van der Waals surface area contributed by atoms with Crippen LogP contribution in [0, 0.1) is 0 Å². The predicted molar refractivity (Wildman–Crippen MR) is 74.5 cm³/mol. The van der Waals surface area contributed by atoms with Crippen LogP contribution in [0.5, 0.6) is 0 Å². The molecule has 1 aromatic rings. The second-order valence-electron chi connectivity index (χ2n) is 4.56. The Hall–Kier alpha value is -1.07. The molecule has 98 valence electrons. The molecule has 0 aromatic heterocycles. The van der Waals surface area contributed by atoms with Gasteiger partial charge < -0.3 is 15.4 Å². The average Bonchev–Trinajstić information content (AvgIpc) is 2.51. The molecule has 0 spiro atoms. The van der Waals surface area contributed by atoms with E-state index < -0.39 is 0 Å². The van der Waals surface area contributed by atoms with Crippen molar-refractivity contribution in [2.75, 3.05) is 25.4 Å². The number of nitrogens with zero attached hydrogens (tertiary/aromatic N) is 1. The normalized spacial score (nSPS) is 20.6. The van der Waals surface area contributed by atoms with Crippen molar-refractivity contribution in [1.82, 2.24) is 4.90 Å². The lowest BCUT2D eigenvalue weighted by atomic mass is 10.1. The quantitative estimate of drug-likeness (QED) is 0.809. The zero-order valence-electron chi connectivity index (χ0n) is 10.4. The minimum Gasteiger partial charge on any atom is -0.399 e. The van der Waals surface area contributed by atoms with Crippen LogP contribution in [0.3, 0.4) is 0 Å². The van der Waals surface area contributed by atoms with Crippen LogP contribution in [-0.4, -0.2) is 36.6 Å². The summed E-state index contributed by atoms with van der Waals surface area (Å²) in [6.07, 6.45) is 0.959. The van der Waals surface area contributed by atoms with Crippen LogP contribution in [0.4, 0.5) is 5.69 Å². The number of ether oxygens (including phenoxy) is 1. The van der Waals surface area contributed by atoms with Gasteiger partial charge in [0.2, 0.25) is 0 Å². The number of nitrogen functional groups attached to an aromatic ring is 1. The van der Waals surface area contributed by atoms with E-state index in [1.54, 1.807) is 18.2 Å². The van der Waals surface area contributed by atoms with E-state index in [-0.39, 0.29) is 12.0 Å². The fourth-order valence-corrected chi connectivity index (χ4v) is 2.61. The molecule has 1 aliphatic rings. The van der Waals surface area contributed by atoms with Gasteiger partial charge in [0.25, 0.3) is 5.91 Å². The van der Waals surface area contributed by atoms with E-state index >= 15 is 0 Å². The predicted octanol–water partition coefficient (Wildman–Crippen LogP) is 2.28. The van der Waals surface area contributed by atoms with E-state index in [0.717, 1.165) is 17.4 Å². The SMILES string of the molecule is CC1CN(C(=O)c2cc(N)cc(Br)c2)CCCO1. The first-order valence-electron chi connectivity index (χ1n) is 6.03. The van der Waals surface area contributed by atoms with Gasteiger partial charge in [0.1, 0.15) is 0 Å². The number of anilines is 1. The Kier molecular flexibility index (Phi) is 4.24. The van der Waals surface area contributed by atoms with Crippen LogP contribution in [0.15, 0.2) is 22.7 Å². The standard InChI is InChI=1S/C13H17BrN2O2/c1-9-8-16(3-2-4-18-9)13(17)10-5-11(14)7-12(15)6-10/h5-7,9H,2-4,8,15H2,1H3. The highest BCUT2D eigenvalue weighted by Crippen LogP contribution is 2.19. The number of halogens is 1. The molecule has 1 heterocycles. The van der Waals surface area contributed by atoms with Gasteiger partial charge >= 0.3 is 0 Å². The number of hydrogen-bond donors (Lipinski definition) is 1. The average molecular weight is 313 g/mol. The zero-order chi connectivity index (χ0) is 13.1. The highest BCUT2D eigenvalue weighted by molar-refractivity contribution is 9.10. The lowest BCUT2D eigenvalue weighted by Crippen LogP contribution is -2.35. The molecule has 1 aromatic carbocycles. The molecule has 2 rings (SSSR count). The van der Waals surface area contributed by atoms with Crippen LogP contribution in [0.25, 0.3) is 0 Å². The van der Waals surface area contributed by atoms with Crippen LogP contribution < -0.4 is 5.73 Å². The van der Waals surface area contributed by atoms with Gasteiger partial charge in [-0.3, -0.25) is 4.79 Å². The first kappa shape index (κ1) is 13.4. The third-order valence-corrected chi connectivity index (χ3v) is 3.36. The Labute approximate surface area is 115 Å². The summed E-state index contributed by atoms with van der Waals surface area (Å²) < 4.78 is 6.36. The largest absolute Gasteiger partial charge is 0.399 e. The maximum absolute atomic E-state index is 12.4. The Morgan fingerprint density at radius 2 is 2.28 bits per heavy atom. The van der Waals surface area contributed by atoms with Crippen molar-refractivity contribution >= 4 is 27.5 Å². The summed E-state index contributed by atoms with van der Waals surface area (Å²) in [4.78, 5) is 14.2. The Bertz CT molecular complexity index is 430. The molecular formula is C13H17BrN2O2. The van der Waals surface area contributed by atoms with Gasteiger partial charge in [0.15, 0.2) is 0 Å². The Morgan fingerprint density at radius 3 is 3.00 bits per heavy atom. The number of carbonyl (C=O) groups is 1. The molecule has 1 amide bonds. The molecule has 0 aliphatic carbocycles. The number of amides is 1. The summed E-state index contributed by atoms with van der Waals surface area (Å²) in [6, 6.07) is 5.30. The summed E-state index contributed by atoms with van der Waals surface area (Å²) in [5, 5.41) is 0. The molecule has 0 bridgehead atoms. The number of nitrogens with two attached hydrogens (primary N) is 1. The zero-order valence-corrected chi connectivity index (χ0v) is 11.9. The molecule has 1 fully saturated rings. The first-order valence-corrected chi connectivity index (χ1v) is 6.82. The molecular weight excluding hydrogens is 296 g/mol. The van der Waals surface area contributed by atoms with Gasteiger partial charge in [0, 0.05) is 35.4 Å². The van der Waals surface area contributed by atoms with E-state index in [1.165, 1.54) is 0 Å². The van der Waals surface area contributed by atoms with Gasteiger partial charge in [-0.25, -0.2) is 0 Å². The Morgan fingerprint density at radius 1 is 1.50 bits per heavy atom. The molecule has 1 aliphatic heterocycles. The van der Waals surface area contributed by atoms with Crippen molar-refractivity contribution < 1.29 is 9.53 Å². The van der Waals surface area contributed by atoms with Crippen molar-refractivity contribution in [3.8, 4) is 0 Å². The van der Waals surface area contributed by atoms with Gasteiger partial charge in [-0.2, -0.15) is 0 Å². The third kappa shape index (κ3) is 3.23. The molecule has 1 unspecified atom stereocenters. The molecule has 5 heteroatoms. The van der Waals surface area contributed by atoms with Crippen molar-refractivity contribution in [2.45, 2.75) is 19.4 Å². The minimum atomic E-state index is 0.0142. The number of hydrogen-bond acceptors (Lipinski definition) is 3. The van der Waals surface area contributed by atoms with Crippen molar-refractivity contribution in [1.29, 1.82) is 0 Å². The Balaban J connectivity index is 2.18. The maximum atomic E-state index is 12.4. The van der Waals surface area contributed by atoms with Crippen molar-refractivity contribution in [3.05, 3.63) is 28.2 Å². The van der Waals surface area contributed by atoms with Crippen LogP contribution in [0.2, 0.25) is 0 Å². The first-order chi connectivity index (χ1) is 8.56. The highest BCUT2D eigenvalue weighted by Gasteiger charge is 2.21. The summed E-state index contributed by atoms with van der Waals surface area (Å²) in [5.74, 6) is 0.0142. The summed E-state index contributed by atoms with van der Waals surface area (Å²) in [6.45, 7) is 4.06. The van der Waals surface area contributed by atoms with Gasteiger partial charge in [-0.05, 0) is 31.5 Å². The van der Waals surface area contributed by atoms with Crippen molar-refractivity contribution in [2.24, 2.45) is 0 Å². The second kappa shape index (κ2) is 5.71. The fourth-order valence-electron chi connectivity index (χ4n) is 2.10. The lowest BCUT2D eigenvalue weighted by molar-refractivity contribution is 0.0562. The molecule has 0 radical (unpaired) electrons. The third-order valence-electron chi connectivity index (χ3n) is 2.91. The number of benzene rings is 1. The number of rotatable bonds is 1. The molecule has 4 nitrogen and oxygen atoms in total. The maximum Gasteiger partial charge on any atom is 0.254 e. The highest BCUT2D eigenvalue weighted by atomic mass is 79.9. The molecule has 1 saturated heterocycles. The van der Waals surface area contributed by atoms with E-state index in [2.05, 4.69) is 15.9 Å². The van der Waals surface area contributed by atoms with Crippen LogP contribution in [-0.2, 0) is 4.74 Å². The summed E-state index contributed by atoms with van der Waals surface area (Å²) in [7, 11) is 0. The molecule has 18 heavy (non-hydrogen) atoms. The molecule has 2 N–H and O–H groups in total. The second-order valence-corrected chi connectivity index (χ2v) is 5.48. The van der Waals surface area contributed by atoms with E-state index in [1.807, 2.05) is 11.8 Å². The van der Waals surface area contributed by atoms with Crippen molar-refractivity contribution in [3.63, 3.8) is 0 Å². The molecule has 0 saturated carbocycles. The van der Waals surface area contributed by atoms with Gasteiger partial charge in [0.05, 0.1) is 6.10 Å². The van der Waals surface area contributed by atoms with E-state index in [0.29, 0.717) is 24.4 Å². The van der Waals surface area contributed by atoms with E-state index in [9.17, 15) is 4.79 Å². The number of carbonyl (C=O) groups excluding carboxylic acids is 1. The summed E-state index contributed by atoms with van der Waals surface area (Å²) >= 11 is 3.36. The topological polar surface area (TPSA) is 55.6 Å².